The fraction of sp³-hybridized carbons (Fsp3) is 0.484. The Morgan fingerprint density at radius 3 is 2.26 bits per heavy atom. The molecule has 9 nitrogen and oxygen atoms in total. The van der Waals surface area contributed by atoms with Gasteiger partial charge in [-0.1, -0.05) is 41.4 Å². The Balaban J connectivity index is 1.35. The van der Waals surface area contributed by atoms with Crippen molar-refractivity contribution in [1.29, 1.82) is 0 Å². The second-order valence-electron chi connectivity index (χ2n) is 11.0. The summed E-state index contributed by atoms with van der Waals surface area (Å²) in [5.74, 6) is -1.11. The van der Waals surface area contributed by atoms with Gasteiger partial charge in [0.15, 0.2) is 0 Å². The summed E-state index contributed by atoms with van der Waals surface area (Å²) in [7, 11) is 0. The van der Waals surface area contributed by atoms with Gasteiger partial charge in [0, 0.05) is 50.1 Å². The first-order chi connectivity index (χ1) is 20.1. The highest BCUT2D eigenvalue weighted by Gasteiger charge is 2.55. The summed E-state index contributed by atoms with van der Waals surface area (Å²) in [4.78, 5) is 58.6. The smallest absolute Gasteiger partial charge is 0.309 e. The van der Waals surface area contributed by atoms with E-state index in [9.17, 15) is 19.2 Å². The Hall–Kier alpha value is -3.14. The number of hydrogen-bond acceptors (Lipinski definition) is 6. The second kappa shape index (κ2) is 12.6. The SMILES string of the molecule is CCOC(=O)C1CCN(C(=O)[C@H]2COC3(CCN(C(=O)c4ccc(Cl)c(Cl)c4)CC3)N2C(=O)c2ccccc2C)CC1. The van der Waals surface area contributed by atoms with Crippen molar-refractivity contribution >= 4 is 46.9 Å². The van der Waals surface area contributed by atoms with Crippen LogP contribution >= 0.6 is 23.2 Å². The van der Waals surface area contributed by atoms with E-state index in [-0.39, 0.29) is 36.2 Å². The molecule has 3 amide bonds. The topological polar surface area (TPSA) is 96.5 Å². The molecule has 0 aliphatic carbocycles. The molecule has 42 heavy (non-hydrogen) atoms. The maximum absolute atomic E-state index is 14.2. The lowest BCUT2D eigenvalue weighted by atomic mass is 9.94. The summed E-state index contributed by atoms with van der Waals surface area (Å²) in [6.45, 7) is 5.52. The number of carbonyl (C=O) groups excluding carboxylic acids is 4. The van der Waals surface area contributed by atoms with Gasteiger partial charge in [-0.25, -0.2) is 0 Å². The zero-order chi connectivity index (χ0) is 30.0. The van der Waals surface area contributed by atoms with E-state index in [1.807, 2.05) is 19.1 Å². The Kier molecular flexibility index (Phi) is 9.11. The molecule has 2 aromatic rings. The quantitative estimate of drug-likeness (QED) is 0.457. The lowest BCUT2D eigenvalue weighted by Gasteiger charge is -2.45. The van der Waals surface area contributed by atoms with Crippen LogP contribution in [0.3, 0.4) is 0 Å². The van der Waals surface area contributed by atoms with Crippen molar-refractivity contribution in [1.82, 2.24) is 14.7 Å². The first-order valence-electron chi connectivity index (χ1n) is 14.4. The van der Waals surface area contributed by atoms with Gasteiger partial charge in [-0.3, -0.25) is 24.1 Å². The number of esters is 1. The third-order valence-corrected chi connectivity index (χ3v) is 9.30. The van der Waals surface area contributed by atoms with Crippen molar-refractivity contribution in [2.45, 2.75) is 51.3 Å². The number of halogens is 2. The number of amides is 3. The van der Waals surface area contributed by atoms with Crippen LogP contribution in [-0.4, -0.2) is 89.6 Å². The number of carbonyl (C=O) groups is 4. The standard InChI is InChI=1S/C31H35Cl2N3O6/c1-3-41-30(40)21-10-14-34(15-11-21)29(39)26-19-42-31(36(26)28(38)23-7-5-4-6-20(23)2)12-16-35(17-13-31)27(37)22-8-9-24(32)25(33)18-22/h4-9,18,21,26H,3,10-17,19H2,1-2H3/t26-/m1/s1. The molecule has 0 aromatic heterocycles. The monoisotopic (exact) mass is 615 g/mol. The fourth-order valence-electron chi connectivity index (χ4n) is 6.18. The van der Waals surface area contributed by atoms with Gasteiger partial charge in [0.2, 0.25) is 5.91 Å². The molecule has 3 saturated heterocycles. The van der Waals surface area contributed by atoms with Gasteiger partial charge in [0.25, 0.3) is 11.8 Å². The molecule has 1 spiro atoms. The molecular formula is C31H35Cl2N3O6. The summed E-state index contributed by atoms with van der Waals surface area (Å²) in [5, 5.41) is 0.675. The molecular weight excluding hydrogens is 581 g/mol. The summed E-state index contributed by atoms with van der Waals surface area (Å²) in [5.41, 5.74) is 0.714. The summed E-state index contributed by atoms with van der Waals surface area (Å²) in [6.07, 6.45) is 1.74. The van der Waals surface area contributed by atoms with E-state index in [0.717, 1.165) is 5.56 Å². The van der Waals surface area contributed by atoms with Gasteiger partial charge < -0.3 is 19.3 Å². The van der Waals surface area contributed by atoms with Crippen LogP contribution in [0.2, 0.25) is 10.0 Å². The molecule has 1 atom stereocenters. The van der Waals surface area contributed by atoms with Crippen molar-refractivity contribution in [3.05, 3.63) is 69.2 Å². The summed E-state index contributed by atoms with van der Waals surface area (Å²) < 4.78 is 11.5. The van der Waals surface area contributed by atoms with Crippen LogP contribution in [-0.2, 0) is 19.1 Å². The lowest BCUT2D eigenvalue weighted by Crippen LogP contribution is -2.60. The zero-order valence-electron chi connectivity index (χ0n) is 23.8. The summed E-state index contributed by atoms with van der Waals surface area (Å²) >= 11 is 12.2. The molecule has 0 N–H and O–H groups in total. The van der Waals surface area contributed by atoms with Gasteiger partial charge in [-0.15, -0.1) is 0 Å². The molecule has 3 heterocycles. The molecule has 3 aliphatic heterocycles. The van der Waals surface area contributed by atoms with E-state index < -0.39 is 11.8 Å². The number of aryl methyl sites for hydroxylation is 1. The second-order valence-corrected chi connectivity index (χ2v) is 11.9. The van der Waals surface area contributed by atoms with E-state index in [4.69, 9.17) is 32.7 Å². The van der Waals surface area contributed by atoms with Crippen LogP contribution in [0, 0.1) is 12.8 Å². The minimum Gasteiger partial charge on any atom is -0.466 e. The van der Waals surface area contributed by atoms with Crippen molar-refractivity contribution in [2.24, 2.45) is 5.92 Å². The molecule has 2 aromatic carbocycles. The number of ether oxygens (including phenoxy) is 2. The van der Waals surface area contributed by atoms with Gasteiger partial charge >= 0.3 is 5.97 Å². The lowest BCUT2D eigenvalue weighted by molar-refractivity contribution is -0.152. The normalized spacial score (nSPS) is 20.6. The molecule has 0 radical (unpaired) electrons. The van der Waals surface area contributed by atoms with Crippen molar-refractivity contribution in [3.8, 4) is 0 Å². The Bertz CT molecular complexity index is 1370. The Morgan fingerprint density at radius 1 is 0.929 bits per heavy atom. The first-order valence-corrected chi connectivity index (χ1v) is 15.1. The third kappa shape index (κ3) is 5.87. The highest BCUT2D eigenvalue weighted by molar-refractivity contribution is 6.42. The van der Waals surface area contributed by atoms with Crippen molar-refractivity contribution < 1.29 is 28.7 Å². The molecule has 0 unspecified atom stereocenters. The van der Waals surface area contributed by atoms with Crippen LogP contribution in [0.4, 0.5) is 0 Å². The third-order valence-electron chi connectivity index (χ3n) is 8.56. The molecule has 5 rings (SSSR count). The van der Waals surface area contributed by atoms with Gasteiger partial charge in [0.05, 0.1) is 29.2 Å². The average Bonchev–Trinajstić information content (AvgIpc) is 3.36. The largest absolute Gasteiger partial charge is 0.466 e. The predicted molar refractivity (Wildman–Crippen MR) is 157 cm³/mol. The molecule has 0 bridgehead atoms. The van der Waals surface area contributed by atoms with E-state index in [0.29, 0.717) is 79.6 Å². The predicted octanol–water partition coefficient (Wildman–Crippen LogP) is 4.58. The molecule has 3 fully saturated rings. The van der Waals surface area contributed by atoms with E-state index in [1.165, 1.54) is 0 Å². The van der Waals surface area contributed by atoms with Crippen LogP contribution in [0.15, 0.2) is 42.5 Å². The number of nitrogens with zero attached hydrogens (tertiary/aromatic N) is 3. The van der Waals surface area contributed by atoms with Gasteiger partial charge in [-0.2, -0.15) is 0 Å². The Morgan fingerprint density at radius 2 is 1.62 bits per heavy atom. The number of rotatable bonds is 5. The van der Waals surface area contributed by atoms with Crippen LogP contribution in [0.1, 0.15) is 58.9 Å². The van der Waals surface area contributed by atoms with Crippen molar-refractivity contribution in [2.75, 3.05) is 39.4 Å². The zero-order valence-corrected chi connectivity index (χ0v) is 25.3. The maximum atomic E-state index is 14.2. The van der Waals surface area contributed by atoms with Gasteiger partial charge in [0.1, 0.15) is 11.8 Å². The highest BCUT2D eigenvalue weighted by Crippen LogP contribution is 2.40. The van der Waals surface area contributed by atoms with E-state index in [2.05, 4.69) is 0 Å². The number of piperidine rings is 2. The minimum absolute atomic E-state index is 0.0645. The molecule has 3 aliphatic rings. The first kappa shape index (κ1) is 30.3. The van der Waals surface area contributed by atoms with Crippen LogP contribution in [0.25, 0.3) is 0 Å². The minimum atomic E-state index is -1.03. The number of benzene rings is 2. The van der Waals surface area contributed by atoms with Gasteiger partial charge in [-0.05, 0) is 56.5 Å². The van der Waals surface area contributed by atoms with Crippen LogP contribution < -0.4 is 0 Å². The number of likely N-dealkylation sites (tertiary alicyclic amines) is 2. The van der Waals surface area contributed by atoms with E-state index >= 15 is 0 Å². The molecule has 224 valence electrons. The van der Waals surface area contributed by atoms with Crippen LogP contribution in [0.5, 0.6) is 0 Å². The highest BCUT2D eigenvalue weighted by atomic mass is 35.5. The summed E-state index contributed by atoms with van der Waals surface area (Å²) in [6, 6.07) is 11.3. The average molecular weight is 617 g/mol. The molecule has 0 saturated carbocycles. The number of hydrogen-bond donors (Lipinski definition) is 0. The fourth-order valence-corrected chi connectivity index (χ4v) is 6.47. The van der Waals surface area contributed by atoms with Crippen molar-refractivity contribution in [3.63, 3.8) is 0 Å². The molecule has 11 heteroatoms. The van der Waals surface area contributed by atoms with E-state index in [1.54, 1.807) is 52.0 Å². The maximum Gasteiger partial charge on any atom is 0.309 e. The Labute approximate surface area is 255 Å².